The Hall–Kier alpha value is -4.32. The van der Waals surface area contributed by atoms with Gasteiger partial charge in [-0.25, -0.2) is 0 Å². The molecule has 9 nitrogen and oxygen atoms in total. The van der Waals surface area contributed by atoms with Gasteiger partial charge in [0, 0.05) is 37.9 Å². The highest BCUT2D eigenvalue weighted by Gasteiger charge is 2.24. The molecule has 4 rings (SSSR count). The first kappa shape index (κ1) is 23.8. The molecule has 0 unspecified atom stereocenters. The van der Waals surface area contributed by atoms with E-state index < -0.39 is 0 Å². The Balaban J connectivity index is 1.48. The zero-order valence-electron chi connectivity index (χ0n) is 20.3. The number of benzene rings is 2. The first-order chi connectivity index (χ1) is 17.1. The Bertz CT molecular complexity index is 1200. The smallest absolute Gasteiger partial charge is 0.235 e. The Morgan fingerprint density at radius 3 is 2.03 bits per heavy atom. The third-order valence-corrected chi connectivity index (χ3v) is 5.84. The number of aromatic nitrogens is 1. The minimum Gasteiger partial charge on any atom is -0.497 e. The van der Waals surface area contributed by atoms with Crippen molar-refractivity contribution in [3.8, 4) is 29.1 Å². The molecule has 0 bridgehead atoms. The quantitative estimate of drug-likeness (QED) is 0.477. The number of ether oxygens (including phenoxy) is 4. The molecule has 1 fully saturated rings. The number of nitriles is 1. The van der Waals surface area contributed by atoms with Crippen molar-refractivity contribution in [1.82, 2.24) is 4.98 Å². The molecule has 0 amide bonds. The molecule has 2 aromatic carbocycles. The van der Waals surface area contributed by atoms with E-state index in [1.165, 1.54) is 0 Å². The van der Waals surface area contributed by atoms with Gasteiger partial charge in [0.25, 0.3) is 0 Å². The summed E-state index contributed by atoms with van der Waals surface area (Å²) in [6.07, 6.45) is 3.54. The summed E-state index contributed by atoms with van der Waals surface area (Å²) in [5.74, 6) is 3.29. The van der Waals surface area contributed by atoms with Crippen LogP contribution in [-0.2, 0) is 0 Å². The second-order valence-corrected chi connectivity index (χ2v) is 7.78. The lowest BCUT2D eigenvalue weighted by Gasteiger charge is -2.35. The SMILES string of the molecule is COc1ccc(N2CCN(c3oc(/C=C/c4cc(OC)c(OC)c(OC)c4)nc3C#N)CC2)cc1. The number of hydrogen-bond acceptors (Lipinski definition) is 9. The highest BCUT2D eigenvalue weighted by atomic mass is 16.5. The molecule has 1 aromatic heterocycles. The van der Waals surface area contributed by atoms with Gasteiger partial charge in [-0.15, -0.1) is 0 Å². The van der Waals surface area contributed by atoms with E-state index in [2.05, 4.69) is 33.0 Å². The maximum Gasteiger partial charge on any atom is 0.235 e. The fourth-order valence-corrected chi connectivity index (χ4v) is 4.01. The second-order valence-electron chi connectivity index (χ2n) is 7.78. The first-order valence-electron chi connectivity index (χ1n) is 11.1. The van der Waals surface area contributed by atoms with Crippen molar-refractivity contribution in [2.45, 2.75) is 0 Å². The van der Waals surface area contributed by atoms with Crippen LogP contribution in [0.25, 0.3) is 12.2 Å². The van der Waals surface area contributed by atoms with Crippen LogP contribution >= 0.6 is 0 Å². The standard InChI is InChI=1S/C26H28N4O5/c1-31-20-8-6-19(7-9-20)29-11-13-30(14-12-29)26-21(17-27)28-24(35-26)10-5-18-15-22(32-2)25(34-4)23(16-18)33-3/h5-10,15-16H,11-14H2,1-4H3/b10-5+. The maximum absolute atomic E-state index is 9.63. The largest absolute Gasteiger partial charge is 0.497 e. The van der Waals surface area contributed by atoms with Crippen LogP contribution in [0.1, 0.15) is 17.1 Å². The van der Waals surface area contributed by atoms with Gasteiger partial charge >= 0.3 is 0 Å². The number of piperazine rings is 1. The van der Waals surface area contributed by atoms with Gasteiger partial charge in [-0.2, -0.15) is 10.2 Å². The molecular weight excluding hydrogens is 448 g/mol. The Kier molecular flexibility index (Phi) is 7.31. The molecule has 0 saturated carbocycles. The van der Waals surface area contributed by atoms with E-state index >= 15 is 0 Å². The molecule has 0 aliphatic carbocycles. The summed E-state index contributed by atoms with van der Waals surface area (Å²) in [6, 6.07) is 13.8. The van der Waals surface area contributed by atoms with Crippen LogP contribution in [0.4, 0.5) is 11.6 Å². The van der Waals surface area contributed by atoms with E-state index in [4.69, 9.17) is 23.4 Å². The lowest BCUT2D eigenvalue weighted by molar-refractivity contribution is 0.324. The van der Waals surface area contributed by atoms with Crippen molar-refractivity contribution < 1.29 is 23.4 Å². The van der Waals surface area contributed by atoms with E-state index in [0.717, 1.165) is 30.1 Å². The van der Waals surface area contributed by atoms with Crippen LogP contribution in [0.5, 0.6) is 23.0 Å². The fourth-order valence-electron chi connectivity index (χ4n) is 4.01. The average molecular weight is 477 g/mol. The van der Waals surface area contributed by atoms with Gasteiger partial charge in [-0.05, 0) is 48.0 Å². The molecule has 0 atom stereocenters. The number of methoxy groups -OCH3 is 4. The van der Waals surface area contributed by atoms with Crippen molar-refractivity contribution in [1.29, 1.82) is 5.26 Å². The molecule has 0 N–H and O–H groups in total. The van der Waals surface area contributed by atoms with E-state index in [0.29, 0.717) is 42.1 Å². The third kappa shape index (κ3) is 5.11. The molecule has 3 aromatic rings. The van der Waals surface area contributed by atoms with Crippen LogP contribution < -0.4 is 28.7 Å². The number of hydrogen-bond donors (Lipinski definition) is 0. The van der Waals surface area contributed by atoms with Crippen LogP contribution in [0.2, 0.25) is 0 Å². The van der Waals surface area contributed by atoms with Crippen molar-refractivity contribution in [3.05, 3.63) is 53.5 Å². The average Bonchev–Trinajstić information content (AvgIpc) is 3.34. The van der Waals surface area contributed by atoms with Gasteiger partial charge in [-0.1, -0.05) is 0 Å². The van der Waals surface area contributed by atoms with Crippen LogP contribution in [0.15, 0.2) is 40.8 Å². The summed E-state index contributed by atoms with van der Waals surface area (Å²) in [7, 11) is 6.36. The third-order valence-electron chi connectivity index (χ3n) is 5.84. The summed E-state index contributed by atoms with van der Waals surface area (Å²) < 4.78 is 27.4. The zero-order chi connectivity index (χ0) is 24.8. The van der Waals surface area contributed by atoms with Gasteiger partial charge in [0.05, 0.1) is 28.4 Å². The molecule has 35 heavy (non-hydrogen) atoms. The predicted molar refractivity (Wildman–Crippen MR) is 134 cm³/mol. The Labute approximate surface area is 204 Å². The highest BCUT2D eigenvalue weighted by molar-refractivity contribution is 5.71. The molecule has 9 heteroatoms. The number of oxazole rings is 1. The zero-order valence-corrected chi connectivity index (χ0v) is 20.3. The van der Waals surface area contributed by atoms with E-state index in [1.807, 2.05) is 30.3 Å². The van der Waals surface area contributed by atoms with Gasteiger partial charge < -0.3 is 33.2 Å². The van der Waals surface area contributed by atoms with Crippen LogP contribution in [0, 0.1) is 11.3 Å². The van der Waals surface area contributed by atoms with E-state index in [1.54, 1.807) is 34.5 Å². The molecule has 1 aliphatic heterocycles. The normalized spacial score (nSPS) is 13.6. The second kappa shape index (κ2) is 10.7. The first-order valence-corrected chi connectivity index (χ1v) is 11.1. The van der Waals surface area contributed by atoms with E-state index in [9.17, 15) is 5.26 Å². The van der Waals surface area contributed by atoms with Crippen LogP contribution in [-0.4, -0.2) is 59.6 Å². The topological polar surface area (TPSA) is 93.2 Å². The van der Waals surface area contributed by atoms with Gasteiger partial charge in [0.1, 0.15) is 11.8 Å². The molecule has 182 valence electrons. The molecule has 2 heterocycles. The van der Waals surface area contributed by atoms with Crippen molar-refractivity contribution in [3.63, 3.8) is 0 Å². The van der Waals surface area contributed by atoms with E-state index in [-0.39, 0.29) is 5.69 Å². The summed E-state index contributed by atoms with van der Waals surface area (Å²) in [5.41, 5.74) is 2.22. The van der Waals surface area contributed by atoms with Crippen molar-refractivity contribution in [2.75, 3.05) is 64.4 Å². The number of nitrogens with zero attached hydrogens (tertiary/aromatic N) is 4. The fraction of sp³-hybridized carbons (Fsp3) is 0.308. The summed E-state index contributed by atoms with van der Waals surface area (Å²) in [6.45, 7) is 3.03. The highest BCUT2D eigenvalue weighted by Crippen LogP contribution is 2.38. The molecule has 1 aliphatic rings. The van der Waals surface area contributed by atoms with Crippen molar-refractivity contribution in [2.24, 2.45) is 0 Å². The van der Waals surface area contributed by atoms with Gasteiger partial charge in [-0.3, -0.25) is 0 Å². The summed E-state index contributed by atoms with van der Waals surface area (Å²) >= 11 is 0. The molecule has 0 radical (unpaired) electrons. The molecular formula is C26H28N4O5. The van der Waals surface area contributed by atoms with Gasteiger partial charge in [0.15, 0.2) is 11.5 Å². The summed E-state index contributed by atoms with van der Waals surface area (Å²) in [4.78, 5) is 8.72. The predicted octanol–water partition coefficient (Wildman–Crippen LogP) is 4.08. The lowest BCUT2D eigenvalue weighted by atomic mass is 10.1. The van der Waals surface area contributed by atoms with Crippen molar-refractivity contribution >= 4 is 23.7 Å². The minimum atomic E-state index is 0.271. The number of rotatable bonds is 8. The Morgan fingerprint density at radius 2 is 1.49 bits per heavy atom. The molecule has 1 saturated heterocycles. The van der Waals surface area contributed by atoms with Gasteiger partial charge in [0.2, 0.25) is 23.2 Å². The summed E-state index contributed by atoms with van der Waals surface area (Å²) in [5, 5.41) is 9.63. The lowest BCUT2D eigenvalue weighted by Crippen LogP contribution is -2.46. The monoisotopic (exact) mass is 476 g/mol. The maximum atomic E-state index is 9.63. The molecule has 0 spiro atoms. The van der Waals surface area contributed by atoms with Crippen LogP contribution in [0.3, 0.4) is 0 Å². The minimum absolute atomic E-state index is 0.271. The Morgan fingerprint density at radius 1 is 0.857 bits per heavy atom. The number of anilines is 2.